The molecule has 0 N–H and O–H groups in total. The quantitative estimate of drug-likeness (QED) is 0.786. The van der Waals surface area contributed by atoms with E-state index in [-0.39, 0.29) is 0 Å². The van der Waals surface area contributed by atoms with E-state index >= 15 is 0 Å². The SMILES string of the molecule is Cc1nc(Cl)c(C)c(N(C)Cc2ccccc2Br)n1. The van der Waals surface area contributed by atoms with Gasteiger partial charge in [-0.1, -0.05) is 45.7 Å². The van der Waals surface area contributed by atoms with E-state index in [0.717, 1.165) is 22.4 Å². The summed E-state index contributed by atoms with van der Waals surface area (Å²) in [5.74, 6) is 1.55. The first-order valence-electron chi connectivity index (χ1n) is 5.94. The molecule has 2 aromatic rings. The van der Waals surface area contributed by atoms with E-state index in [9.17, 15) is 0 Å². The van der Waals surface area contributed by atoms with Crippen molar-refractivity contribution in [1.29, 1.82) is 0 Å². The average molecular weight is 341 g/mol. The van der Waals surface area contributed by atoms with Crippen LogP contribution >= 0.6 is 27.5 Å². The van der Waals surface area contributed by atoms with Crippen LogP contribution in [0.25, 0.3) is 0 Å². The number of anilines is 1. The molecule has 100 valence electrons. The van der Waals surface area contributed by atoms with E-state index < -0.39 is 0 Å². The molecule has 0 unspecified atom stereocenters. The number of benzene rings is 1. The van der Waals surface area contributed by atoms with Crippen molar-refractivity contribution < 1.29 is 0 Å². The van der Waals surface area contributed by atoms with Crippen molar-refractivity contribution in [3.8, 4) is 0 Å². The van der Waals surface area contributed by atoms with Gasteiger partial charge in [-0.05, 0) is 25.5 Å². The molecule has 0 atom stereocenters. The molecule has 0 saturated carbocycles. The molecule has 0 amide bonds. The van der Waals surface area contributed by atoms with Gasteiger partial charge in [0.15, 0.2) is 0 Å². The van der Waals surface area contributed by atoms with E-state index in [4.69, 9.17) is 11.6 Å². The van der Waals surface area contributed by atoms with Gasteiger partial charge in [-0.2, -0.15) is 0 Å². The third-order valence-electron chi connectivity index (χ3n) is 2.90. The molecule has 0 bridgehead atoms. The minimum absolute atomic E-state index is 0.515. The molecule has 0 radical (unpaired) electrons. The molecule has 1 heterocycles. The standard InChI is InChI=1S/C14H15BrClN3/c1-9-13(16)17-10(2)18-14(9)19(3)8-11-6-4-5-7-12(11)15/h4-7H,8H2,1-3H3. The summed E-state index contributed by atoms with van der Waals surface area (Å²) in [5, 5.41) is 0.515. The van der Waals surface area contributed by atoms with Gasteiger partial charge in [-0.3, -0.25) is 0 Å². The van der Waals surface area contributed by atoms with Gasteiger partial charge in [0.2, 0.25) is 0 Å². The van der Waals surface area contributed by atoms with E-state index in [0.29, 0.717) is 11.0 Å². The van der Waals surface area contributed by atoms with Crippen LogP contribution in [0.4, 0.5) is 5.82 Å². The summed E-state index contributed by atoms with van der Waals surface area (Å²) in [5.41, 5.74) is 2.11. The first kappa shape index (κ1) is 14.3. The molecule has 0 aliphatic heterocycles. The zero-order valence-electron chi connectivity index (χ0n) is 11.1. The summed E-state index contributed by atoms with van der Waals surface area (Å²) >= 11 is 9.67. The van der Waals surface area contributed by atoms with Gasteiger partial charge in [0.25, 0.3) is 0 Å². The van der Waals surface area contributed by atoms with Crippen molar-refractivity contribution in [2.75, 3.05) is 11.9 Å². The van der Waals surface area contributed by atoms with Gasteiger partial charge in [-0.15, -0.1) is 0 Å². The minimum Gasteiger partial charge on any atom is -0.355 e. The van der Waals surface area contributed by atoms with Crippen molar-refractivity contribution in [3.05, 3.63) is 50.8 Å². The van der Waals surface area contributed by atoms with Crippen LogP contribution in [-0.4, -0.2) is 17.0 Å². The Morgan fingerprint density at radius 2 is 1.89 bits per heavy atom. The summed E-state index contributed by atoms with van der Waals surface area (Å²) in [6.45, 7) is 4.55. The van der Waals surface area contributed by atoms with Crippen LogP contribution in [0.5, 0.6) is 0 Å². The molecule has 0 aliphatic rings. The number of halogens is 2. The number of hydrogen-bond donors (Lipinski definition) is 0. The van der Waals surface area contributed by atoms with Crippen LogP contribution in [0.3, 0.4) is 0 Å². The third kappa shape index (κ3) is 3.25. The van der Waals surface area contributed by atoms with Crippen LogP contribution in [0.15, 0.2) is 28.7 Å². The molecule has 1 aromatic carbocycles. The highest BCUT2D eigenvalue weighted by Crippen LogP contribution is 2.25. The molecule has 19 heavy (non-hydrogen) atoms. The summed E-state index contributed by atoms with van der Waals surface area (Å²) < 4.78 is 1.09. The Bertz CT molecular complexity index is 601. The smallest absolute Gasteiger partial charge is 0.137 e. The fourth-order valence-corrected chi connectivity index (χ4v) is 2.53. The first-order valence-corrected chi connectivity index (χ1v) is 7.11. The van der Waals surface area contributed by atoms with Crippen molar-refractivity contribution in [1.82, 2.24) is 9.97 Å². The number of nitrogens with zero attached hydrogens (tertiary/aromatic N) is 3. The van der Waals surface area contributed by atoms with Crippen molar-refractivity contribution >= 4 is 33.3 Å². The summed E-state index contributed by atoms with van der Waals surface area (Å²) in [6, 6.07) is 8.16. The number of rotatable bonds is 3. The second-order valence-electron chi connectivity index (χ2n) is 4.46. The topological polar surface area (TPSA) is 29.0 Å². The Morgan fingerprint density at radius 1 is 1.21 bits per heavy atom. The summed E-state index contributed by atoms with van der Waals surface area (Å²) in [4.78, 5) is 10.7. The maximum absolute atomic E-state index is 6.11. The van der Waals surface area contributed by atoms with Gasteiger partial charge < -0.3 is 4.90 Å². The van der Waals surface area contributed by atoms with Crippen LogP contribution in [0.2, 0.25) is 5.15 Å². The highest BCUT2D eigenvalue weighted by molar-refractivity contribution is 9.10. The zero-order chi connectivity index (χ0) is 14.0. The lowest BCUT2D eigenvalue weighted by Crippen LogP contribution is -2.20. The molecular formula is C14H15BrClN3. The van der Waals surface area contributed by atoms with Gasteiger partial charge in [0, 0.05) is 23.6 Å². The normalized spacial score (nSPS) is 10.6. The molecule has 0 aliphatic carbocycles. The van der Waals surface area contributed by atoms with Crippen LogP contribution in [0.1, 0.15) is 17.0 Å². The van der Waals surface area contributed by atoms with E-state index in [1.54, 1.807) is 0 Å². The summed E-state index contributed by atoms with van der Waals surface area (Å²) in [6.07, 6.45) is 0. The Hall–Kier alpha value is -1.13. The van der Waals surface area contributed by atoms with E-state index in [2.05, 4.69) is 36.9 Å². The Balaban J connectivity index is 2.30. The monoisotopic (exact) mass is 339 g/mol. The maximum atomic E-state index is 6.11. The molecule has 1 aromatic heterocycles. The van der Waals surface area contributed by atoms with Gasteiger partial charge in [0.05, 0.1) is 0 Å². The Morgan fingerprint density at radius 3 is 2.58 bits per heavy atom. The molecule has 0 fully saturated rings. The highest BCUT2D eigenvalue weighted by Gasteiger charge is 2.12. The second-order valence-corrected chi connectivity index (χ2v) is 5.67. The van der Waals surface area contributed by atoms with Crippen molar-refractivity contribution in [2.45, 2.75) is 20.4 Å². The molecule has 2 rings (SSSR count). The number of hydrogen-bond acceptors (Lipinski definition) is 3. The van der Waals surface area contributed by atoms with E-state index in [1.165, 1.54) is 5.56 Å². The molecule has 3 nitrogen and oxygen atoms in total. The zero-order valence-corrected chi connectivity index (χ0v) is 13.5. The highest BCUT2D eigenvalue weighted by atomic mass is 79.9. The lowest BCUT2D eigenvalue weighted by Gasteiger charge is -2.21. The second kappa shape index (κ2) is 5.88. The summed E-state index contributed by atoms with van der Waals surface area (Å²) in [7, 11) is 2.00. The molecule has 0 spiro atoms. The number of aryl methyl sites for hydroxylation is 1. The molecular weight excluding hydrogens is 326 g/mol. The maximum Gasteiger partial charge on any atom is 0.137 e. The predicted molar refractivity (Wildman–Crippen MR) is 82.8 cm³/mol. The Kier molecular flexibility index (Phi) is 4.42. The van der Waals surface area contributed by atoms with Crippen LogP contribution in [0, 0.1) is 13.8 Å². The fourth-order valence-electron chi connectivity index (χ4n) is 1.91. The van der Waals surface area contributed by atoms with Gasteiger partial charge >= 0.3 is 0 Å². The predicted octanol–water partition coefficient (Wildman–Crippen LogP) is 4.15. The van der Waals surface area contributed by atoms with Crippen LogP contribution < -0.4 is 4.90 Å². The Labute approximate surface area is 126 Å². The lowest BCUT2D eigenvalue weighted by molar-refractivity contribution is 0.867. The van der Waals surface area contributed by atoms with Crippen molar-refractivity contribution in [2.24, 2.45) is 0 Å². The van der Waals surface area contributed by atoms with Crippen molar-refractivity contribution in [3.63, 3.8) is 0 Å². The number of aromatic nitrogens is 2. The largest absolute Gasteiger partial charge is 0.355 e. The minimum atomic E-state index is 0.515. The van der Waals surface area contributed by atoms with Gasteiger partial charge in [-0.25, -0.2) is 9.97 Å². The first-order chi connectivity index (χ1) is 8.99. The van der Waals surface area contributed by atoms with E-state index in [1.807, 2.05) is 39.1 Å². The van der Waals surface area contributed by atoms with Crippen LogP contribution in [-0.2, 0) is 6.54 Å². The van der Waals surface area contributed by atoms with Gasteiger partial charge in [0.1, 0.15) is 16.8 Å². The lowest BCUT2D eigenvalue weighted by atomic mass is 10.2. The average Bonchev–Trinajstić information content (AvgIpc) is 2.36. The fraction of sp³-hybridized carbons (Fsp3) is 0.286. The molecule has 5 heteroatoms. The third-order valence-corrected chi connectivity index (χ3v) is 4.04. The molecule has 0 saturated heterocycles.